The fraction of sp³-hybridized carbons (Fsp3) is 0.611. The Hall–Kier alpha value is -1.63. The number of nitrogens with zero attached hydrogens (tertiary/aromatic N) is 1. The summed E-state index contributed by atoms with van der Waals surface area (Å²) < 4.78 is 17.2. The molecule has 2 saturated heterocycles. The van der Waals surface area contributed by atoms with Gasteiger partial charge in [-0.3, -0.25) is 4.79 Å². The van der Waals surface area contributed by atoms with E-state index in [0.717, 1.165) is 25.9 Å². The van der Waals surface area contributed by atoms with E-state index >= 15 is 0 Å². The maximum Gasteiger partial charge on any atom is 0.254 e. The highest BCUT2D eigenvalue weighted by atomic mass is 16.6. The highest BCUT2D eigenvalue weighted by Gasteiger charge is 2.48. The maximum atomic E-state index is 12.9. The zero-order valence-electron chi connectivity index (χ0n) is 14.2. The molecule has 2 fully saturated rings. The van der Waals surface area contributed by atoms with E-state index in [2.05, 4.69) is 0 Å². The van der Waals surface area contributed by atoms with Crippen LogP contribution in [0.15, 0.2) is 24.3 Å². The van der Waals surface area contributed by atoms with Crippen molar-refractivity contribution in [3.63, 3.8) is 0 Å². The summed E-state index contributed by atoms with van der Waals surface area (Å²) in [6.07, 6.45) is 2.81. The topological polar surface area (TPSA) is 74.0 Å². The summed E-state index contributed by atoms with van der Waals surface area (Å²) in [7, 11) is 1.73. The molecule has 24 heavy (non-hydrogen) atoms. The lowest BCUT2D eigenvalue weighted by atomic mass is 9.86. The predicted octanol–water partition coefficient (Wildman–Crippen LogP) is 1.43. The second-order valence-electron chi connectivity index (χ2n) is 6.42. The Labute approximate surface area is 142 Å². The highest BCUT2D eigenvalue weighted by Crippen LogP contribution is 2.36. The van der Waals surface area contributed by atoms with Crippen molar-refractivity contribution in [2.45, 2.75) is 31.0 Å². The predicted molar refractivity (Wildman–Crippen MR) is 90.2 cm³/mol. The summed E-state index contributed by atoms with van der Waals surface area (Å²) in [4.78, 5) is 14.8. The van der Waals surface area contributed by atoms with Crippen molar-refractivity contribution in [3.05, 3.63) is 29.8 Å². The van der Waals surface area contributed by atoms with Crippen LogP contribution in [0, 0.1) is 0 Å². The van der Waals surface area contributed by atoms with Crippen molar-refractivity contribution in [1.82, 2.24) is 4.90 Å². The lowest BCUT2D eigenvalue weighted by Gasteiger charge is -2.44. The Morgan fingerprint density at radius 2 is 2.38 bits per heavy atom. The van der Waals surface area contributed by atoms with Crippen molar-refractivity contribution in [2.75, 3.05) is 40.0 Å². The van der Waals surface area contributed by atoms with E-state index in [1.54, 1.807) is 13.2 Å². The van der Waals surface area contributed by atoms with Crippen LogP contribution in [0.3, 0.4) is 0 Å². The fourth-order valence-corrected chi connectivity index (χ4v) is 3.72. The Kier molecular flexibility index (Phi) is 5.38. The number of carbonyl (C=O) groups is 1. The van der Waals surface area contributed by atoms with E-state index in [-0.39, 0.29) is 17.6 Å². The maximum absolute atomic E-state index is 12.9. The number of methoxy groups -OCH3 is 1. The molecule has 0 unspecified atom stereocenters. The van der Waals surface area contributed by atoms with Gasteiger partial charge in [-0.2, -0.15) is 0 Å². The molecule has 6 heteroatoms. The largest absolute Gasteiger partial charge is 0.492 e. The lowest BCUT2D eigenvalue weighted by molar-refractivity contribution is -0.137. The van der Waals surface area contributed by atoms with Crippen LogP contribution in [-0.2, 0) is 9.47 Å². The van der Waals surface area contributed by atoms with Crippen LogP contribution in [-0.4, -0.2) is 62.5 Å². The van der Waals surface area contributed by atoms with Crippen LogP contribution in [0.4, 0.5) is 0 Å². The van der Waals surface area contributed by atoms with Crippen LogP contribution in [0.1, 0.15) is 29.6 Å². The summed E-state index contributed by atoms with van der Waals surface area (Å²) in [5, 5.41) is 0. The number of piperidine rings is 1. The molecule has 0 aromatic heterocycles. The van der Waals surface area contributed by atoms with Crippen molar-refractivity contribution in [3.8, 4) is 5.75 Å². The van der Waals surface area contributed by atoms with Crippen LogP contribution < -0.4 is 10.5 Å². The molecular weight excluding hydrogens is 308 g/mol. The molecule has 6 nitrogen and oxygen atoms in total. The number of carbonyl (C=O) groups excluding carboxylic acids is 1. The number of benzene rings is 1. The first kappa shape index (κ1) is 17.2. The first-order valence-electron chi connectivity index (χ1n) is 8.57. The quantitative estimate of drug-likeness (QED) is 0.882. The average molecular weight is 334 g/mol. The van der Waals surface area contributed by atoms with Crippen molar-refractivity contribution in [1.29, 1.82) is 0 Å². The summed E-state index contributed by atoms with van der Waals surface area (Å²) in [5.41, 5.74) is 5.74. The third kappa shape index (κ3) is 3.41. The van der Waals surface area contributed by atoms with Gasteiger partial charge in [0.15, 0.2) is 0 Å². The van der Waals surface area contributed by atoms with E-state index in [1.165, 1.54) is 0 Å². The van der Waals surface area contributed by atoms with E-state index in [1.807, 2.05) is 23.1 Å². The molecule has 1 aromatic rings. The molecule has 1 spiro atoms. The summed E-state index contributed by atoms with van der Waals surface area (Å²) >= 11 is 0. The third-order valence-corrected chi connectivity index (χ3v) is 4.88. The molecule has 2 heterocycles. The van der Waals surface area contributed by atoms with Crippen molar-refractivity contribution in [2.24, 2.45) is 5.73 Å². The van der Waals surface area contributed by atoms with Crippen molar-refractivity contribution < 1.29 is 19.0 Å². The van der Waals surface area contributed by atoms with E-state index in [0.29, 0.717) is 37.6 Å². The normalized spacial score (nSPS) is 26.8. The van der Waals surface area contributed by atoms with Crippen LogP contribution in [0.5, 0.6) is 5.75 Å². The lowest BCUT2D eigenvalue weighted by Crippen LogP contribution is -2.58. The number of ether oxygens (including phenoxy) is 3. The minimum Gasteiger partial charge on any atom is -0.492 e. The monoisotopic (exact) mass is 334 g/mol. The summed E-state index contributed by atoms with van der Waals surface area (Å²) in [5.74, 6) is 0.683. The highest BCUT2D eigenvalue weighted by molar-refractivity contribution is 5.94. The van der Waals surface area contributed by atoms with Gasteiger partial charge in [0.25, 0.3) is 5.91 Å². The molecule has 1 aromatic carbocycles. The zero-order valence-corrected chi connectivity index (χ0v) is 14.2. The number of amides is 1. The number of hydrogen-bond acceptors (Lipinski definition) is 5. The van der Waals surface area contributed by atoms with Gasteiger partial charge in [-0.25, -0.2) is 0 Å². The Bertz CT molecular complexity index is 572. The fourth-order valence-electron chi connectivity index (χ4n) is 3.72. The van der Waals surface area contributed by atoms with Gasteiger partial charge in [-0.05, 0) is 37.5 Å². The molecular formula is C18H26N2O4. The minimum atomic E-state index is -0.351. The smallest absolute Gasteiger partial charge is 0.254 e. The first-order chi connectivity index (χ1) is 11.7. The number of rotatable bonds is 5. The molecule has 3 rings (SSSR count). The molecule has 2 aliphatic heterocycles. The average Bonchev–Trinajstić information content (AvgIpc) is 3.08. The molecule has 2 aliphatic rings. The van der Waals surface area contributed by atoms with E-state index in [9.17, 15) is 4.79 Å². The van der Waals surface area contributed by atoms with Crippen LogP contribution in [0.25, 0.3) is 0 Å². The second kappa shape index (κ2) is 7.51. The van der Waals surface area contributed by atoms with Gasteiger partial charge in [0.2, 0.25) is 0 Å². The molecule has 0 aliphatic carbocycles. The number of nitrogens with two attached hydrogens (primary N) is 1. The Balaban J connectivity index is 1.73. The van der Waals surface area contributed by atoms with Gasteiger partial charge < -0.3 is 24.8 Å². The Morgan fingerprint density at radius 1 is 1.50 bits per heavy atom. The molecule has 2 N–H and O–H groups in total. The van der Waals surface area contributed by atoms with Gasteiger partial charge in [0.1, 0.15) is 18.0 Å². The Morgan fingerprint density at radius 3 is 3.08 bits per heavy atom. The van der Waals surface area contributed by atoms with E-state index in [4.69, 9.17) is 19.9 Å². The number of hydrogen-bond donors (Lipinski definition) is 1. The summed E-state index contributed by atoms with van der Waals surface area (Å²) in [6, 6.07) is 7.28. The van der Waals surface area contributed by atoms with Crippen LogP contribution >= 0.6 is 0 Å². The molecule has 0 saturated carbocycles. The van der Waals surface area contributed by atoms with Gasteiger partial charge in [0, 0.05) is 32.4 Å². The van der Waals surface area contributed by atoms with E-state index < -0.39 is 0 Å². The SMILES string of the molecule is CO[C@H]1CCN(C(=O)c2cccc(OCCN)c2)C[C@@]12CCCO2. The van der Waals surface area contributed by atoms with Gasteiger partial charge in [0.05, 0.1) is 12.6 Å². The molecule has 1 amide bonds. The standard InChI is InChI=1S/C18H26N2O4/c1-22-16-6-9-20(13-18(16)7-3-10-24-18)17(21)14-4-2-5-15(12-14)23-11-8-19/h2,4-5,12,16H,3,6-11,13,19H2,1H3/t16-,18-/m0/s1. The van der Waals surface area contributed by atoms with Gasteiger partial charge >= 0.3 is 0 Å². The zero-order chi connectivity index (χ0) is 17.0. The third-order valence-electron chi connectivity index (χ3n) is 4.88. The van der Waals surface area contributed by atoms with Crippen molar-refractivity contribution >= 4 is 5.91 Å². The minimum absolute atomic E-state index is 0.0117. The molecule has 0 radical (unpaired) electrons. The first-order valence-corrected chi connectivity index (χ1v) is 8.57. The van der Waals surface area contributed by atoms with Gasteiger partial charge in [-0.1, -0.05) is 6.07 Å². The second-order valence-corrected chi connectivity index (χ2v) is 6.42. The van der Waals surface area contributed by atoms with Crippen LogP contribution in [0.2, 0.25) is 0 Å². The number of likely N-dealkylation sites (tertiary alicyclic amines) is 1. The van der Waals surface area contributed by atoms with Gasteiger partial charge in [-0.15, -0.1) is 0 Å². The molecule has 132 valence electrons. The molecule has 0 bridgehead atoms. The summed E-state index contributed by atoms with van der Waals surface area (Å²) in [6.45, 7) is 2.88. The molecule has 2 atom stereocenters.